The molecular weight excluding hydrogens is 338 g/mol. The van der Waals surface area contributed by atoms with Crippen molar-refractivity contribution in [1.29, 1.82) is 0 Å². The maximum atomic E-state index is 13.1. The number of methoxy groups -OCH3 is 1. The normalized spacial score (nSPS) is 10.6. The molecule has 3 nitrogen and oxygen atoms in total. The Morgan fingerprint density at radius 2 is 1.96 bits per heavy atom. The fraction of sp³-hybridized carbons (Fsp3) is 0.294. The zero-order chi connectivity index (χ0) is 15.9. The van der Waals surface area contributed by atoms with Gasteiger partial charge in [0, 0.05) is 37.5 Å². The maximum absolute atomic E-state index is 13.1. The van der Waals surface area contributed by atoms with Crippen molar-refractivity contribution < 1.29 is 9.13 Å². The molecule has 0 heterocycles. The van der Waals surface area contributed by atoms with E-state index < -0.39 is 0 Å². The van der Waals surface area contributed by atoms with E-state index in [1.54, 1.807) is 13.2 Å². The number of nitrogens with two attached hydrogens (primary N) is 1. The SMILES string of the molecule is COCCN(Cc1cccc(N)c1)Cc1ccc(F)cc1Cl.Cl. The van der Waals surface area contributed by atoms with Crippen LogP contribution in [0.4, 0.5) is 10.1 Å². The molecule has 23 heavy (non-hydrogen) atoms. The quantitative estimate of drug-likeness (QED) is 0.756. The predicted molar refractivity (Wildman–Crippen MR) is 95.5 cm³/mol. The smallest absolute Gasteiger partial charge is 0.124 e. The van der Waals surface area contributed by atoms with Crippen molar-refractivity contribution in [2.24, 2.45) is 0 Å². The first-order valence-electron chi connectivity index (χ1n) is 7.08. The molecule has 0 bridgehead atoms. The van der Waals surface area contributed by atoms with Crippen LogP contribution in [0.1, 0.15) is 11.1 Å². The fourth-order valence-corrected chi connectivity index (χ4v) is 2.50. The van der Waals surface area contributed by atoms with Crippen LogP contribution in [0.25, 0.3) is 0 Å². The molecule has 2 rings (SSSR count). The van der Waals surface area contributed by atoms with E-state index in [-0.39, 0.29) is 18.2 Å². The van der Waals surface area contributed by atoms with Gasteiger partial charge >= 0.3 is 0 Å². The maximum Gasteiger partial charge on any atom is 0.124 e. The zero-order valence-corrected chi connectivity index (χ0v) is 14.5. The minimum atomic E-state index is -0.326. The molecule has 2 N–H and O–H groups in total. The highest BCUT2D eigenvalue weighted by atomic mass is 35.5. The number of anilines is 1. The predicted octanol–water partition coefficient (Wildman–Crippen LogP) is 4.13. The number of hydrogen-bond acceptors (Lipinski definition) is 3. The second-order valence-corrected chi connectivity index (χ2v) is 5.59. The van der Waals surface area contributed by atoms with Gasteiger partial charge in [-0.15, -0.1) is 12.4 Å². The van der Waals surface area contributed by atoms with E-state index in [0.717, 1.165) is 29.9 Å². The topological polar surface area (TPSA) is 38.5 Å². The Morgan fingerprint density at radius 1 is 1.17 bits per heavy atom. The Kier molecular flexibility index (Phi) is 8.34. The van der Waals surface area contributed by atoms with E-state index in [4.69, 9.17) is 22.1 Å². The Hall–Kier alpha value is -1.33. The first-order valence-corrected chi connectivity index (χ1v) is 7.46. The summed E-state index contributed by atoms with van der Waals surface area (Å²) < 4.78 is 18.3. The second kappa shape index (κ2) is 9.73. The van der Waals surface area contributed by atoms with E-state index in [1.165, 1.54) is 12.1 Å². The largest absolute Gasteiger partial charge is 0.399 e. The number of hydrogen-bond donors (Lipinski definition) is 1. The minimum Gasteiger partial charge on any atom is -0.399 e. The molecule has 0 amide bonds. The van der Waals surface area contributed by atoms with E-state index >= 15 is 0 Å². The van der Waals surface area contributed by atoms with Crippen LogP contribution >= 0.6 is 24.0 Å². The van der Waals surface area contributed by atoms with Crippen LogP contribution in [0.5, 0.6) is 0 Å². The molecule has 0 aliphatic rings. The van der Waals surface area contributed by atoms with Crippen molar-refractivity contribution in [3.63, 3.8) is 0 Å². The van der Waals surface area contributed by atoms with E-state index in [9.17, 15) is 4.39 Å². The zero-order valence-electron chi connectivity index (χ0n) is 13.0. The minimum absolute atomic E-state index is 0. The van der Waals surface area contributed by atoms with Crippen LogP contribution in [-0.4, -0.2) is 25.2 Å². The molecule has 0 saturated carbocycles. The first-order chi connectivity index (χ1) is 10.6. The number of rotatable bonds is 7. The summed E-state index contributed by atoms with van der Waals surface area (Å²) in [5, 5.41) is 0.440. The van der Waals surface area contributed by atoms with Gasteiger partial charge in [-0.05, 0) is 35.4 Å². The molecule has 0 fully saturated rings. The molecule has 126 valence electrons. The van der Waals surface area contributed by atoms with Crippen LogP contribution in [0.3, 0.4) is 0 Å². The van der Waals surface area contributed by atoms with Crippen LogP contribution in [0, 0.1) is 5.82 Å². The number of ether oxygens (including phenoxy) is 1. The Morgan fingerprint density at radius 3 is 2.61 bits per heavy atom. The van der Waals surface area contributed by atoms with E-state index in [1.807, 2.05) is 24.3 Å². The lowest BCUT2D eigenvalue weighted by molar-refractivity contribution is 0.140. The summed E-state index contributed by atoms with van der Waals surface area (Å²) in [6.45, 7) is 2.71. The highest BCUT2D eigenvalue weighted by Gasteiger charge is 2.10. The van der Waals surface area contributed by atoms with Gasteiger partial charge in [0.05, 0.1) is 6.61 Å². The molecule has 0 saturated heterocycles. The lowest BCUT2D eigenvalue weighted by Gasteiger charge is -2.23. The molecule has 0 aromatic heterocycles. The monoisotopic (exact) mass is 358 g/mol. The Bertz CT molecular complexity index is 625. The van der Waals surface area contributed by atoms with Gasteiger partial charge in [0.2, 0.25) is 0 Å². The average Bonchev–Trinajstić information content (AvgIpc) is 2.47. The Balaban J connectivity index is 0.00000264. The van der Waals surface area contributed by atoms with Gasteiger partial charge in [-0.25, -0.2) is 4.39 Å². The highest BCUT2D eigenvalue weighted by Crippen LogP contribution is 2.20. The lowest BCUT2D eigenvalue weighted by atomic mass is 10.1. The number of halogens is 3. The molecule has 2 aromatic carbocycles. The number of nitrogen functional groups attached to an aromatic ring is 1. The van der Waals surface area contributed by atoms with Crippen LogP contribution in [0.15, 0.2) is 42.5 Å². The summed E-state index contributed by atoms with van der Waals surface area (Å²) in [6.07, 6.45) is 0. The molecule has 6 heteroatoms. The lowest BCUT2D eigenvalue weighted by Crippen LogP contribution is -2.26. The molecule has 0 unspecified atom stereocenters. The highest BCUT2D eigenvalue weighted by molar-refractivity contribution is 6.31. The summed E-state index contributed by atoms with van der Waals surface area (Å²) in [5.41, 5.74) is 8.57. The van der Waals surface area contributed by atoms with Gasteiger partial charge in [-0.3, -0.25) is 4.90 Å². The van der Waals surface area contributed by atoms with Gasteiger partial charge in [0.25, 0.3) is 0 Å². The number of benzene rings is 2. The van der Waals surface area contributed by atoms with Crippen molar-refractivity contribution >= 4 is 29.7 Å². The van der Waals surface area contributed by atoms with Crippen molar-refractivity contribution in [3.05, 3.63) is 64.4 Å². The first kappa shape index (κ1) is 19.7. The summed E-state index contributed by atoms with van der Waals surface area (Å²) >= 11 is 6.12. The van der Waals surface area contributed by atoms with Gasteiger partial charge in [-0.1, -0.05) is 29.8 Å². The molecule has 2 aromatic rings. The van der Waals surface area contributed by atoms with Crippen molar-refractivity contribution in [1.82, 2.24) is 4.90 Å². The average molecular weight is 359 g/mol. The summed E-state index contributed by atoms with van der Waals surface area (Å²) in [7, 11) is 1.67. The van der Waals surface area contributed by atoms with Gasteiger partial charge < -0.3 is 10.5 Å². The molecule has 0 aliphatic heterocycles. The van der Waals surface area contributed by atoms with Gasteiger partial charge in [0.1, 0.15) is 5.82 Å². The van der Waals surface area contributed by atoms with Crippen LogP contribution in [0.2, 0.25) is 5.02 Å². The van der Waals surface area contributed by atoms with E-state index in [2.05, 4.69) is 4.90 Å². The third-order valence-corrected chi connectivity index (χ3v) is 3.73. The van der Waals surface area contributed by atoms with Gasteiger partial charge in [-0.2, -0.15) is 0 Å². The molecule has 0 aliphatic carbocycles. The summed E-state index contributed by atoms with van der Waals surface area (Å²) in [6, 6.07) is 12.3. The second-order valence-electron chi connectivity index (χ2n) is 5.18. The molecular formula is C17H21Cl2FN2O. The summed E-state index contributed by atoms with van der Waals surface area (Å²) in [5.74, 6) is -0.326. The van der Waals surface area contributed by atoms with Crippen molar-refractivity contribution in [3.8, 4) is 0 Å². The van der Waals surface area contributed by atoms with Crippen molar-refractivity contribution in [2.45, 2.75) is 13.1 Å². The molecule has 0 spiro atoms. The van der Waals surface area contributed by atoms with Crippen molar-refractivity contribution in [2.75, 3.05) is 26.0 Å². The third-order valence-electron chi connectivity index (χ3n) is 3.38. The fourth-order valence-electron chi connectivity index (χ4n) is 2.27. The molecule has 0 radical (unpaired) electrons. The van der Waals surface area contributed by atoms with Crippen LogP contribution in [-0.2, 0) is 17.8 Å². The van der Waals surface area contributed by atoms with Crippen LogP contribution < -0.4 is 5.73 Å². The van der Waals surface area contributed by atoms with Gasteiger partial charge in [0.15, 0.2) is 0 Å². The van der Waals surface area contributed by atoms with E-state index in [0.29, 0.717) is 18.2 Å². The number of nitrogens with zero attached hydrogens (tertiary/aromatic N) is 1. The molecule has 0 atom stereocenters. The third kappa shape index (κ3) is 6.36. The summed E-state index contributed by atoms with van der Waals surface area (Å²) in [4.78, 5) is 2.19. The Labute approximate surface area is 147 Å². The standard InChI is InChI=1S/C17H20ClFN2O.ClH/c1-22-8-7-21(11-13-3-2-4-16(20)9-13)12-14-5-6-15(19)10-17(14)18;/h2-6,9-10H,7-8,11-12,20H2,1H3;1H.